The fraction of sp³-hybridized carbons (Fsp3) is 0.286. The van der Waals surface area contributed by atoms with Crippen molar-refractivity contribution in [3.05, 3.63) is 89.0 Å². The van der Waals surface area contributed by atoms with E-state index in [4.69, 9.17) is 14.2 Å². The molecular weight excluding hydrogens is 572 g/mol. The molecule has 8 nitrogen and oxygen atoms in total. The maximum atomic E-state index is 13.8. The van der Waals surface area contributed by atoms with E-state index in [1.807, 2.05) is 38.1 Å². The van der Waals surface area contributed by atoms with Crippen LogP contribution in [0.4, 0.5) is 0 Å². The molecule has 1 aromatic heterocycles. The number of nitrogens with zero attached hydrogens (tertiary/aromatic N) is 2. The van der Waals surface area contributed by atoms with Gasteiger partial charge in [0.2, 0.25) is 0 Å². The molecule has 1 atom stereocenters. The normalized spacial score (nSPS) is 15.2. The third-order valence-corrected chi connectivity index (χ3v) is 7.17. The maximum Gasteiger partial charge on any atom is 0.338 e. The molecular formula is C28H27BrN2O6S. The molecule has 0 radical (unpaired) electrons. The molecule has 1 aliphatic rings. The van der Waals surface area contributed by atoms with Gasteiger partial charge in [0.1, 0.15) is 0 Å². The predicted octanol–water partition coefficient (Wildman–Crippen LogP) is 4.13. The van der Waals surface area contributed by atoms with Crippen LogP contribution < -0.4 is 24.4 Å². The van der Waals surface area contributed by atoms with Crippen LogP contribution in [0.1, 0.15) is 44.9 Å². The number of esters is 2. The second-order valence-corrected chi connectivity index (χ2v) is 11.1. The molecule has 2 aromatic carbocycles. The number of hydrogen-bond donors (Lipinski definition) is 0. The van der Waals surface area contributed by atoms with Gasteiger partial charge < -0.3 is 14.2 Å². The Kier molecular flexibility index (Phi) is 8.32. The van der Waals surface area contributed by atoms with E-state index in [0.717, 1.165) is 10.0 Å². The summed E-state index contributed by atoms with van der Waals surface area (Å²) in [4.78, 5) is 43.8. The average molecular weight is 600 g/mol. The van der Waals surface area contributed by atoms with Gasteiger partial charge in [0.05, 0.1) is 35.6 Å². The van der Waals surface area contributed by atoms with Gasteiger partial charge in [-0.25, -0.2) is 9.79 Å². The Balaban J connectivity index is 1.93. The minimum absolute atomic E-state index is 0.132. The average Bonchev–Trinajstić information content (AvgIpc) is 3.15. The first-order valence-electron chi connectivity index (χ1n) is 11.9. The van der Waals surface area contributed by atoms with E-state index in [1.54, 1.807) is 31.2 Å². The van der Waals surface area contributed by atoms with Crippen molar-refractivity contribution in [2.24, 2.45) is 10.9 Å². The summed E-state index contributed by atoms with van der Waals surface area (Å²) in [6.07, 6.45) is 1.80. The van der Waals surface area contributed by atoms with Gasteiger partial charge in [-0.3, -0.25) is 14.2 Å². The van der Waals surface area contributed by atoms with Crippen LogP contribution in [0.3, 0.4) is 0 Å². The van der Waals surface area contributed by atoms with Crippen LogP contribution in [0.25, 0.3) is 6.08 Å². The van der Waals surface area contributed by atoms with Crippen LogP contribution >= 0.6 is 27.3 Å². The molecule has 3 aromatic rings. The van der Waals surface area contributed by atoms with Gasteiger partial charge >= 0.3 is 11.9 Å². The van der Waals surface area contributed by atoms with Crippen LogP contribution in [0, 0.1) is 5.92 Å². The quantitative estimate of drug-likeness (QED) is 0.300. The molecule has 0 saturated heterocycles. The Morgan fingerprint density at radius 3 is 2.61 bits per heavy atom. The second kappa shape index (κ2) is 11.5. The summed E-state index contributed by atoms with van der Waals surface area (Å²) in [6, 6.07) is 11.7. The molecule has 2 heterocycles. The Labute approximate surface area is 232 Å². The number of aromatic nitrogens is 1. The molecule has 0 bridgehead atoms. The summed E-state index contributed by atoms with van der Waals surface area (Å²) in [7, 11) is 1.45. The standard InChI is InChI=1S/C28H27BrN2O6S/c1-15(2)14-36-27(34)24-16(3)30-28-31(26(33)23(38-28)12-18-7-6-8-20(29)11-18)25(24)19-9-10-21(37-17(4)32)22(13-19)35-5/h6-13,15,25H,14H2,1-5H3. The zero-order valence-electron chi connectivity index (χ0n) is 21.6. The summed E-state index contributed by atoms with van der Waals surface area (Å²) >= 11 is 4.71. The molecule has 0 amide bonds. The number of halogens is 1. The van der Waals surface area contributed by atoms with E-state index < -0.39 is 18.0 Å². The Morgan fingerprint density at radius 2 is 1.95 bits per heavy atom. The van der Waals surface area contributed by atoms with Crippen LogP contribution in [-0.2, 0) is 14.3 Å². The molecule has 38 heavy (non-hydrogen) atoms. The Hall–Kier alpha value is -3.50. The minimum atomic E-state index is -0.823. The number of rotatable bonds is 7. The van der Waals surface area contributed by atoms with E-state index in [-0.39, 0.29) is 29.4 Å². The monoisotopic (exact) mass is 598 g/mol. The van der Waals surface area contributed by atoms with Gasteiger partial charge in [0, 0.05) is 11.4 Å². The van der Waals surface area contributed by atoms with Crippen molar-refractivity contribution in [3.8, 4) is 11.5 Å². The van der Waals surface area contributed by atoms with E-state index in [0.29, 0.717) is 26.3 Å². The fourth-order valence-electron chi connectivity index (χ4n) is 4.06. The Bertz CT molecular complexity index is 1620. The van der Waals surface area contributed by atoms with Crippen molar-refractivity contribution in [3.63, 3.8) is 0 Å². The second-order valence-electron chi connectivity index (χ2n) is 9.13. The lowest BCUT2D eigenvalue weighted by Gasteiger charge is -2.25. The Morgan fingerprint density at radius 1 is 1.18 bits per heavy atom. The number of thiazole rings is 1. The van der Waals surface area contributed by atoms with E-state index in [1.165, 1.54) is 29.9 Å². The van der Waals surface area contributed by atoms with Crippen molar-refractivity contribution >= 4 is 45.3 Å². The van der Waals surface area contributed by atoms with Gasteiger partial charge in [-0.15, -0.1) is 0 Å². The van der Waals surface area contributed by atoms with Crippen molar-refractivity contribution in [1.82, 2.24) is 4.57 Å². The van der Waals surface area contributed by atoms with Gasteiger partial charge in [-0.1, -0.05) is 59.3 Å². The zero-order chi connectivity index (χ0) is 27.6. The number of methoxy groups -OCH3 is 1. The molecule has 1 unspecified atom stereocenters. The molecule has 0 aliphatic carbocycles. The van der Waals surface area contributed by atoms with E-state index in [2.05, 4.69) is 20.9 Å². The van der Waals surface area contributed by atoms with Crippen LogP contribution in [0.15, 0.2) is 68.0 Å². The first-order chi connectivity index (χ1) is 18.1. The highest BCUT2D eigenvalue weighted by Gasteiger charge is 2.34. The van der Waals surface area contributed by atoms with Gasteiger partial charge in [-0.2, -0.15) is 0 Å². The number of benzene rings is 2. The molecule has 1 aliphatic heterocycles. The van der Waals surface area contributed by atoms with Gasteiger partial charge in [0.25, 0.3) is 5.56 Å². The topological polar surface area (TPSA) is 96.2 Å². The van der Waals surface area contributed by atoms with Crippen molar-refractivity contribution in [1.29, 1.82) is 0 Å². The summed E-state index contributed by atoms with van der Waals surface area (Å²) < 4.78 is 19.2. The lowest BCUT2D eigenvalue weighted by atomic mass is 9.95. The number of carbonyl (C=O) groups is 2. The predicted molar refractivity (Wildman–Crippen MR) is 148 cm³/mol. The minimum Gasteiger partial charge on any atom is -0.493 e. The van der Waals surface area contributed by atoms with Crippen molar-refractivity contribution in [2.75, 3.05) is 13.7 Å². The lowest BCUT2D eigenvalue weighted by Crippen LogP contribution is -2.40. The van der Waals surface area contributed by atoms with Crippen molar-refractivity contribution < 1.29 is 23.8 Å². The number of fused-ring (bicyclic) bond motifs is 1. The molecule has 10 heteroatoms. The number of carbonyl (C=O) groups excluding carboxylic acids is 2. The molecule has 198 valence electrons. The summed E-state index contributed by atoms with van der Waals surface area (Å²) in [5.74, 6) is -0.388. The summed E-state index contributed by atoms with van der Waals surface area (Å²) in [5, 5.41) is 0. The third kappa shape index (κ3) is 5.81. The first-order valence-corrected chi connectivity index (χ1v) is 13.5. The highest BCUT2D eigenvalue weighted by molar-refractivity contribution is 9.10. The zero-order valence-corrected chi connectivity index (χ0v) is 24.0. The SMILES string of the molecule is COc1cc(C2C(C(=O)OCC(C)C)=C(C)N=c3sc(=Cc4cccc(Br)c4)c(=O)n32)ccc1OC(C)=O. The van der Waals surface area contributed by atoms with Gasteiger partial charge in [-0.05, 0) is 54.3 Å². The van der Waals surface area contributed by atoms with Gasteiger partial charge in [0.15, 0.2) is 16.3 Å². The largest absolute Gasteiger partial charge is 0.493 e. The highest BCUT2D eigenvalue weighted by atomic mass is 79.9. The lowest BCUT2D eigenvalue weighted by molar-refractivity contribution is -0.140. The fourth-order valence-corrected chi connectivity index (χ4v) is 5.52. The van der Waals surface area contributed by atoms with Crippen LogP contribution in [0.2, 0.25) is 0 Å². The molecule has 0 fully saturated rings. The van der Waals surface area contributed by atoms with E-state index >= 15 is 0 Å². The molecule has 4 rings (SSSR count). The van der Waals surface area contributed by atoms with Crippen LogP contribution in [0.5, 0.6) is 11.5 Å². The smallest absolute Gasteiger partial charge is 0.338 e. The molecule has 0 saturated carbocycles. The highest BCUT2D eigenvalue weighted by Crippen LogP contribution is 2.36. The third-order valence-electron chi connectivity index (χ3n) is 5.69. The first kappa shape index (κ1) is 27.5. The molecule has 0 spiro atoms. The van der Waals surface area contributed by atoms with E-state index in [9.17, 15) is 14.4 Å². The van der Waals surface area contributed by atoms with Crippen molar-refractivity contribution in [2.45, 2.75) is 33.7 Å². The number of allylic oxidation sites excluding steroid dienone is 1. The van der Waals surface area contributed by atoms with Crippen LogP contribution in [-0.4, -0.2) is 30.2 Å². The summed E-state index contributed by atoms with van der Waals surface area (Å²) in [6.45, 7) is 7.15. The molecule has 0 N–H and O–H groups in total. The number of ether oxygens (including phenoxy) is 3. The maximum absolute atomic E-state index is 13.8. The number of hydrogen-bond acceptors (Lipinski definition) is 8. The summed E-state index contributed by atoms with van der Waals surface area (Å²) in [5.41, 5.74) is 1.86.